The summed E-state index contributed by atoms with van der Waals surface area (Å²) in [6, 6.07) is 19.6. The molecule has 0 saturated carbocycles. The lowest BCUT2D eigenvalue weighted by molar-refractivity contribution is -0.00748. The van der Waals surface area contributed by atoms with Crippen molar-refractivity contribution in [2.45, 2.75) is 43.1 Å². The third-order valence-electron chi connectivity index (χ3n) is 4.42. The minimum atomic E-state index is -0.0326. The van der Waals surface area contributed by atoms with E-state index in [4.69, 9.17) is 4.74 Å². The second-order valence-electron chi connectivity index (χ2n) is 6.08. The highest BCUT2D eigenvalue weighted by molar-refractivity contribution is 7.99. The summed E-state index contributed by atoms with van der Waals surface area (Å²) >= 11 is 1.95. The molecule has 1 heterocycles. The van der Waals surface area contributed by atoms with E-state index in [1.54, 1.807) is 0 Å². The van der Waals surface area contributed by atoms with Crippen molar-refractivity contribution in [2.24, 2.45) is 0 Å². The largest absolute Gasteiger partial charge is 0.370 e. The van der Waals surface area contributed by atoms with Gasteiger partial charge in [0.2, 0.25) is 0 Å². The summed E-state index contributed by atoms with van der Waals surface area (Å²) in [5.41, 5.74) is 2.65. The van der Waals surface area contributed by atoms with E-state index in [1.165, 1.54) is 28.9 Å². The predicted octanol–water partition coefficient (Wildman–Crippen LogP) is 5.57. The van der Waals surface area contributed by atoms with E-state index >= 15 is 0 Å². The van der Waals surface area contributed by atoms with Crippen LogP contribution in [0.2, 0.25) is 0 Å². The Balaban J connectivity index is 1.55. The number of aryl methyl sites for hydroxylation is 1. The number of hydrogen-bond donors (Lipinski definition) is 0. The van der Waals surface area contributed by atoms with Gasteiger partial charge in [-0.2, -0.15) is 0 Å². The third kappa shape index (κ3) is 3.74. The van der Waals surface area contributed by atoms with Crippen molar-refractivity contribution in [2.75, 3.05) is 12.4 Å². The normalized spacial score (nSPS) is 21.1. The van der Waals surface area contributed by atoms with Gasteiger partial charge in [0.05, 0.1) is 5.60 Å². The Bertz CT molecular complexity index is 570. The van der Waals surface area contributed by atoms with Crippen LogP contribution in [0.15, 0.2) is 59.5 Å². The molecule has 3 rings (SSSR count). The topological polar surface area (TPSA) is 9.23 Å². The Morgan fingerprint density at radius 1 is 1.05 bits per heavy atom. The van der Waals surface area contributed by atoms with Crippen LogP contribution >= 0.6 is 11.8 Å². The third-order valence-corrected chi connectivity index (χ3v) is 5.52. The number of ether oxygens (including phenoxy) is 1. The van der Waals surface area contributed by atoms with Crippen molar-refractivity contribution < 1.29 is 4.74 Å². The first-order chi connectivity index (χ1) is 10.8. The Morgan fingerprint density at radius 2 is 1.82 bits per heavy atom. The fraction of sp³-hybridized carbons (Fsp3) is 0.400. The lowest BCUT2D eigenvalue weighted by atomic mass is 9.87. The van der Waals surface area contributed by atoms with E-state index in [2.05, 4.69) is 61.5 Å². The van der Waals surface area contributed by atoms with Crippen LogP contribution in [0.5, 0.6) is 0 Å². The van der Waals surface area contributed by atoms with E-state index in [9.17, 15) is 0 Å². The average Bonchev–Trinajstić information content (AvgIpc) is 3.04. The van der Waals surface area contributed by atoms with E-state index in [1.807, 2.05) is 11.8 Å². The zero-order chi connectivity index (χ0) is 15.3. The molecule has 1 unspecified atom stereocenters. The summed E-state index contributed by atoms with van der Waals surface area (Å²) < 4.78 is 6.19. The molecule has 0 amide bonds. The maximum Gasteiger partial charge on any atom is 0.0932 e. The number of hydrogen-bond acceptors (Lipinski definition) is 2. The molecule has 0 aliphatic carbocycles. The highest BCUT2D eigenvalue weighted by atomic mass is 32.2. The van der Waals surface area contributed by atoms with Crippen LogP contribution in [0.25, 0.3) is 0 Å². The second kappa shape index (κ2) is 7.34. The fourth-order valence-corrected chi connectivity index (χ4v) is 4.04. The molecule has 0 N–H and O–H groups in total. The Hall–Kier alpha value is -1.25. The van der Waals surface area contributed by atoms with Crippen molar-refractivity contribution in [1.82, 2.24) is 0 Å². The second-order valence-corrected chi connectivity index (χ2v) is 7.25. The van der Waals surface area contributed by atoms with Crippen molar-refractivity contribution in [3.63, 3.8) is 0 Å². The van der Waals surface area contributed by atoms with Crippen molar-refractivity contribution in [3.8, 4) is 0 Å². The maximum absolute atomic E-state index is 6.19. The zero-order valence-electron chi connectivity index (χ0n) is 13.3. The maximum atomic E-state index is 6.19. The average molecular weight is 312 g/mol. The van der Waals surface area contributed by atoms with Crippen LogP contribution in [-0.2, 0) is 10.3 Å². The van der Waals surface area contributed by atoms with Gasteiger partial charge in [0.1, 0.15) is 0 Å². The van der Waals surface area contributed by atoms with Gasteiger partial charge in [0, 0.05) is 11.5 Å². The van der Waals surface area contributed by atoms with Crippen molar-refractivity contribution in [1.29, 1.82) is 0 Å². The summed E-state index contributed by atoms with van der Waals surface area (Å²) in [7, 11) is 0. The zero-order valence-corrected chi connectivity index (χ0v) is 14.1. The van der Waals surface area contributed by atoms with Gasteiger partial charge in [-0.3, -0.25) is 0 Å². The molecule has 116 valence electrons. The van der Waals surface area contributed by atoms with Gasteiger partial charge in [-0.05, 0) is 56.1 Å². The minimum Gasteiger partial charge on any atom is -0.370 e. The molecule has 0 aromatic heterocycles. The molecular formula is C20H24OS. The molecule has 1 saturated heterocycles. The lowest BCUT2D eigenvalue weighted by Gasteiger charge is -2.29. The fourth-order valence-electron chi connectivity index (χ4n) is 3.19. The number of rotatable bonds is 6. The van der Waals surface area contributed by atoms with Crippen LogP contribution < -0.4 is 0 Å². The van der Waals surface area contributed by atoms with E-state index < -0.39 is 0 Å². The molecule has 0 radical (unpaired) electrons. The Labute approximate surface area is 138 Å². The van der Waals surface area contributed by atoms with Crippen molar-refractivity contribution in [3.05, 3.63) is 65.7 Å². The van der Waals surface area contributed by atoms with Crippen LogP contribution in [-0.4, -0.2) is 12.4 Å². The van der Waals surface area contributed by atoms with Gasteiger partial charge in [-0.25, -0.2) is 0 Å². The minimum absolute atomic E-state index is 0.0326. The van der Waals surface area contributed by atoms with Crippen LogP contribution in [0.3, 0.4) is 0 Å². The molecule has 2 heteroatoms. The monoisotopic (exact) mass is 312 g/mol. The molecular weight excluding hydrogens is 288 g/mol. The Kier molecular flexibility index (Phi) is 5.22. The summed E-state index contributed by atoms with van der Waals surface area (Å²) in [5.74, 6) is 1.15. The highest BCUT2D eigenvalue weighted by Gasteiger charge is 2.36. The molecule has 22 heavy (non-hydrogen) atoms. The van der Waals surface area contributed by atoms with Crippen molar-refractivity contribution >= 4 is 11.8 Å². The Morgan fingerprint density at radius 3 is 2.50 bits per heavy atom. The molecule has 1 nitrogen and oxygen atoms in total. The SMILES string of the molecule is Cc1ccc(SCCCC2(c3ccccc3)CCCO2)cc1. The van der Waals surface area contributed by atoms with Crippen LogP contribution in [0.1, 0.15) is 36.8 Å². The molecule has 0 spiro atoms. The van der Waals surface area contributed by atoms with Crippen LogP contribution in [0.4, 0.5) is 0 Å². The van der Waals surface area contributed by atoms with Gasteiger partial charge in [0.15, 0.2) is 0 Å². The van der Waals surface area contributed by atoms with E-state index in [0.29, 0.717) is 0 Å². The number of benzene rings is 2. The molecule has 0 bridgehead atoms. The summed E-state index contributed by atoms with van der Waals surface area (Å²) in [6.07, 6.45) is 4.65. The van der Waals surface area contributed by atoms with E-state index in [-0.39, 0.29) is 5.60 Å². The van der Waals surface area contributed by atoms with Gasteiger partial charge in [0.25, 0.3) is 0 Å². The van der Waals surface area contributed by atoms with Crippen LogP contribution in [0, 0.1) is 6.92 Å². The van der Waals surface area contributed by atoms with Gasteiger partial charge >= 0.3 is 0 Å². The summed E-state index contributed by atoms with van der Waals surface area (Å²) in [4.78, 5) is 1.37. The number of thioether (sulfide) groups is 1. The first-order valence-electron chi connectivity index (χ1n) is 8.17. The summed E-state index contributed by atoms with van der Waals surface area (Å²) in [5, 5.41) is 0. The molecule has 1 aliphatic heterocycles. The molecule has 2 aromatic carbocycles. The smallest absolute Gasteiger partial charge is 0.0932 e. The molecule has 1 fully saturated rings. The lowest BCUT2D eigenvalue weighted by Crippen LogP contribution is -2.24. The summed E-state index contributed by atoms with van der Waals surface area (Å²) in [6.45, 7) is 3.04. The van der Waals surface area contributed by atoms with Gasteiger partial charge < -0.3 is 4.74 Å². The molecule has 1 aliphatic rings. The molecule has 1 atom stereocenters. The van der Waals surface area contributed by atoms with Gasteiger partial charge in [-0.1, -0.05) is 48.0 Å². The predicted molar refractivity (Wildman–Crippen MR) is 94.4 cm³/mol. The first kappa shape index (κ1) is 15.6. The van der Waals surface area contributed by atoms with Gasteiger partial charge in [-0.15, -0.1) is 11.8 Å². The highest BCUT2D eigenvalue weighted by Crippen LogP contribution is 2.40. The quantitative estimate of drug-likeness (QED) is 0.509. The standard InChI is InChI=1S/C20H24OS/c1-17-9-11-19(12-10-17)22-16-6-14-20(13-5-15-21-20)18-7-3-2-4-8-18/h2-4,7-12H,5-6,13-16H2,1H3. The molecule has 2 aromatic rings. The van der Waals surface area contributed by atoms with E-state index in [0.717, 1.165) is 25.2 Å². The first-order valence-corrected chi connectivity index (χ1v) is 9.16.